The van der Waals surface area contributed by atoms with Crippen LogP contribution in [0.15, 0.2) is 18.2 Å². The molecule has 5 N–H and O–H groups in total. The summed E-state index contributed by atoms with van der Waals surface area (Å²) in [5.74, 6) is -0.464. The Balaban J connectivity index is 2.35. The van der Waals surface area contributed by atoms with E-state index < -0.39 is 5.91 Å². The molecular weight excluding hydrogens is 230 g/mol. The summed E-state index contributed by atoms with van der Waals surface area (Å²) in [4.78, 5) is 13.3. The Morgan fingerprint density at radius 2 is 2.22 bits per heavy atom. The Hall–Kier alpha value is -1.75. The lowest BCUT2D eigenvalue weighted by Crippen LogP contribution is -2.42. The number of carbonyl (C=O) groups is 1. The summed E-state index contributed by atoms with van der Waals surface area (Å²) in [5, 5.41) is 9.42. The molecule has 1 unspecified atom stereocenters. The summed E-state index contributed by atoms with van der Waals surface area (Å²) in [6.45, 7) is 0.942. The van der Waals surface area contributed by atoms with Gasteiger partial charge in [-0.05, 0) is 37.5 Å². The molecule has 0 aliphatic carbocycles. The zero-order chi connectivity index (χ0) is 13.1. The van der Waals surface area contributed by atoms with E-state index in [2.05, 4.69) is 4.90 Å². The number of aliphatic hydroxyl groups excluding tert-OH is 1. The number of carbonyl (C=O) groups excluding carboxylic acids is 1. The predicted octanol–water partition coefficient (Wildman–Crippen LogP) is 0.719. The van der Waals surface area contributed by atoms with Crippen LogP contribution in [-0.4, -0.2) is 30.2 Å². The third-order valence-electron chi connectivity index (χ3n) is 3.46. The predicted molar refractivity (Wildman–Crippen MR) is 71.4 cm³/mol. The van der Waals surface area contributed by atoms with Crippen molar-refractivity contribution in [2.45, 2.75) is 25.3 Å². The Bertz CT molecular complexity index is 448. The van der Waals surface area contributed by atoms with Gasteiger partial charge < -0.3 is 21.5 Å². The number of nitrogens with two attached hydrogens (primary N) is 2. The highest BCUT2D eigenvalue weighted by Crippen LogP contribution is 2.30. The van der Waals surface area contributed by atoms with Gasteiger partial charge in [0.25, 0.3) is 0 Å². The largest absolute Gasteiger partial charge is 0.397 e. The van der Waals surface area contributed by atoms with E-state index in [1.54, 1.807) is 18.2 Å². The monoisotopic (exact) mass is 249 g/mol. The first-order chi connectivity index (χ1) is 8.63. The number of piperidine rings is 1. The van der Waals surface area contributed by atoms with E-state index in [1.165, 1.54) is 0 Å². The average Bonchev–Trinajstić information content (AvgIpc) is 2.39. The minimum absolute atomic E-state index is 0.0733. The molecule has 0 bridgehead atoms. The first kappa shape index (κ1) is 12.7. The number of anilines is 2. The highest BCUT2D eigenvalue weighted by Gasteiger charge is 2.23. The second-order valence-electron chi connectivity index (χ2n) is 4.66. The van der Waals surface area contributed by atoms with Gasteiger partial charge in [0.15, 0.2) is 0 Å². The van der Waals surface area contributed by atoms with Crippen LogP contribution in [0.5, 0.6) is 0 Å². The lowest BCUT2D eigenvalue weighted by atomic mass is 10.0. The Morgan fingerprint density at radius 3 is 2.89 bits per heavy atom. The molecule has 1 amide bonds. The third kappa shape index (κ3) is 2.41. The van der Waals surface area contributed by atoms with Gasteiger partial charge >= 0.3 is 0 Å². The lowest BCUT2D eigenvalue weighted by Gasteiger charge is -2.37. The minimum Gasteiger partial charge on any atom is -0.397 e. The second kappa shape index (κ2) is 5.27. The molecule has 1 saturated heterocycles. The van der Waals surface area contributed by atoms with Crippen molar-refractivity contribution in [2.75, 3.05) is 23.8 Å². The van der Waals surface area contributed by atoms with Gasteiger partial charge in [-0.2, -0.15) is 0 Å². The van der Waals surface area contributed by atoms with Crippen LogP contribution in [0.4, 0.5) is 11.4 Å². The van der Waals surface area contributed by atoms with Crippen LogP contribution in [-0.2, 0) is 0 Å². The molecule has 1 aliphatic heterocycles. The Morgan fingerprint density at radius 1 is 1.44 bits per heavy atom. The lowest BCUT2D eigenvalue weighted by molar-refractivity contribution is 0.100. The summed E-state index contributed by atoms with van der Waals surface area (Å²) in [7, 11) is 0. The minimum atomic E-state index is -0.464. The van der Waals surface area contributed by atoms with Gasteiger partial charge in [-0.15, -0.1) is 0 Å². The molecule has 1 aliphatic rings. The highest BCUT2D eigenvalue weighted by atomic mass is 16.3. The zero-order valence-corrected chi connectivity index (χ0v) is 10.3. The van der Waals surface area contributed by atoms with Crippen LogP contribution in [0.3, 0.4) is 0 Å². The number of amides is 1. The van der Waals surface area contributed by atoms with Gasteiger partial charge in [-0.3, -0.25) is 4.79 Å². The van der Waals surface area contributed by atoms with Gasteiger partial charge in [0, 0.05) is 12.1 Å². The molecular formula is C13H19N3O2. The van der Waals surface area contributed by atoms with Crippen molar-refractivity contribution in [3.63, 3.8) is 0 Å². The highest BCUT2D eigenvalue weighted by molar-refractivity contribution is 5.95. The summed E-state index contributed by atoms with van der Waals surface area (Å²) >= 11 is 0. The van der Waals surface area contributed by atoms with Crippen molar-refractivity contribution in [1.29, 1.82) is 0 Å². The van der Waals surface area contributed by atoms with Crippen LogP contribution in [0.2, 0.25) is 0 Å². The molecule has 2 rings (SSSR count). The van der Waals surface area contributed by atoms with Crippen molar-refractivity contribution in [3.05, 3.63) is 23.8 Å². The summed E-state index contributed by atoms with van der Waals surface area (Å²) in [6, 6.07) is 5.10. The van der Waals surface area contributed by atoms with Crippen LogP contribution >= 0.6 is 0 Å². The molecule has 0 saturated carbocycles. The quantitative estimate of drug-likeness (QED) is 0.688. The normalized spacial score (nSPS) is 19.8. The molecule has 0 aromatic heterocycles. The number of nitrogen functional groups attached to an aromatic ring is 1. The molecule has 5 nitrogen and oxygen atoms in total. The van der Waals surface area contributed by atoms with Gasteiger partial charge in [0.1, 0.15) is 0 Å². The van der Waals surface area contributed by atoms with E-state index >= 15 is 0 Å². The molecule has 1 fully saturated rings. The average molecular weight is 249 g/mol. The van der Waals surface area contributed by atoms with Crippen LogP contribution in [0, 0.1) is 0 Å². The van der Waals surface area contributed by atoms with Gasteiger partial charge in [-0.25, -0.2) is 0 Å². The van der Waals surface area contributed by atoms with Crippen LogP contribution < -0.4 is 16.4 Å². The standard InChI is InChI=1S/C13H19N3O2/c14-11-5-4-9(13(15)18)7-12(11)16-6-2-1-3-10(16)8-17/h4-5,7,10,17H,1-3,6,8,14H2,(H2,15,18). The van der Waals surface area contributed by atoms with Crippen LogP contribution in [0.25, 0.3) is 0 Å². The molecule has 0 spiro atoms. The van der Waals surface area contributed by atoms with Crippen molar-refractivity contribution in [1.82, 2.24) is 0 Å². The van der Waals surface area contributed by atoms with Gasteiger partial charge in [0.2, 0.25) is 5.91 Å². The first-order valence-corrected chi connectivity index (χ1v) is 6.20. The van der Waals surface area contributed by atoms with Crippen molar-refractivity contribution < 1.29 is 9.90 Å². The van der Waals surface area contributed by atoms with Crippen molar-refractivity contribution in [2.24, 2.45) is 5.73 Å². The number of aliphatic hydroxyl groups is 1. The van der Waals surface area contributed by atoms with Crippen LogP contribution in [0.1, 0.15) is 29.6 Å². The SMILES string of the molecule is NC(=O)c1ccc(N)c(N2CCCCC2CO)c1. The van der Waals surface area contributed by atoms with E-state index in [-0.39, 0.29) is 12.6 Å². The van der Waals surface area contributed by atoms with E-state index in [4.69, 9.17) is 11.5 Å². The second-order valence-corrected chi connectivity index (χ2v) is 4.66. The van der Waals surface area contributed by atoms with E-state index in [0.717, 1.165) is 31.5 Å². The topological polar surface area (TPSA) is 92.6 Å². The Kier molecular flexibility index (Phi) is 3.72. The maximum Gasteiger partial charge on any atom is 0.248 e. The Labute approximate surface area is 106 Å². The van der Waals surface area contributed by atoms with E-state index in [9.17, 15) is 9.90 Å². The first-order valence-electron chi connectivity index (χ1n) is 6.20. The van der Waals surface area contributed by atoms with E-state index in [0.29, 0.717) is 11.3 Å². The van der Waals surface area contributed by atoms with E-state index in [1.807, 2.05) is 0 Å². The maximum atomic E-state index is 11.2. The molecule has 5 heteroatoms. The zero-order valence-electron chi connectivity index (χ0n) is 10.3. The number of benzene rings is 1. The third-order valence-corrected chi connectivity index (χ3v) is 3.46. The molecule has 98 valence electrons. The number of primary amides is 1. The molecule has 1 atom stereocenters. The smallest absolute Gasteiger partial charge is 0.248 e. The number of hydrogen-bond acceptors (Lipinski definition) is 4. The number of hydrogen-bond donors (Lipinski definition) is 3. The van der Waals surface area contributed by atoms with Crippen molar-refractivity contribution >= 4 is 17.3 Å². The number of nitrogens with zero attached hydrogens (tertiary/aromatic N) is 1. The molecule has 18 heavy (non-hydrogen) atoms. The maximum absolute atomic E-state index is 11.2. The fraction of sp³-hybridized carbons (Fsp3) is 0.462. The molecule has 0 radical (unpaired) electrons. The van der Waals surface area contributed by atoms with Gasteiger partial charge in [0.05, 0.1) is 24.0 Å². The fourth-order valence-corrected chi connectivity index (χ4v) is 2.45. The van der Waals surface area contributed by atoms with Gasteiger partial charge in [-0.1, -0.05) is 0 Å². The summed E-state index contributed by atoms with van der Waals surface area (Å²) < 4.78 is 0. The molecule has 1 aromatic carbocycles. The molecule has 1 heterocycles. The molecule has 1 aromatic rings. The fourth-order valence-electron chi connectivity index (χ4n) is 2.45. The summed E-state index contributed by atoms with van der Waals surface area (Å²) in [5.41, 5.74) is 13.1. The number of rotatable bonds is 3. The van der Waals surface area contributed by atoms with Crippen molar-refractivity contribution in [3.8, 4) is 0 Å². The summed E-state index contributed by atoms with van der Waals surface area (Å²) in [6.07, 6.45) is 3.12.